The molecule has 1 aromatic carbocycles. The zero-order valence-electron chi connectivity index (χ0n) is 11.1. The number of primary amides is 1. The van der Waals surface area contributed by atoms with Crippen molar-refractivity contribution in [2.45, 2.75) is 19.9 Å². The quantitative estimate of drug-likeness (QED) is 0.811. The Bertz CT molecular complexity index is 489. The Balaban J connectivity index is 3.13. The minimum Gasteiger partial charge on any atom is -0.467 e. The molecule has 0 bridgehead atoms. The number of carbonyl (C=O) groups excluding carboxylic acids is 2. The number of hydrogen-bond acceptors (Lipinski definition) is 4. The van der Waals surface area contributed by atoms with E-state index in [4.69, 9.17) is 10.5 Å². The Morgan fingerprint density at radius 1 is 1.37 bits per heavy atom. The van der Waals surface area contributed by atoms with E-state index in [1.807, 2.05) is 13.8 Å². The van der Waals surface area contributed by atoms with Crippen molar-refractivity contribution in [2.75, 3.05) is 12.4 Å². The second-order valence-corrected chi connectivity index (χ2v) is 5.27. The maximum Gasteiger partial charge on any atom is 0.328 e. The minimum absolute atomic E-state index is 0.00663. The first-order chi connectivity index (χ1) is 8.88. The lowest BCUT2D eigenvalue weighted by molar-refractivity contribution is -0.142. The fourth-order valence-electron chi connectivity index (χ4n) is 1.69. The van der Waals surface area contributed by atoms with Crippen molar-refractivity contribution in [2.24, 2.45) is 11.7 Å². The number of esters is 1. The van der Waals surface area contributed by atoms with E-state index in [0.29, 0.717) is 15.7 Å². The summed E-state index contributed by atoms with van der Waals surface area (Å²) in [6.45, 7) is 3.77. The van der Waals surface area contributed by atoms with Gasteiger partial charge in [0.2, 0.25) is 0 Å². The molecule has 0 aliphatic rings. The largest absolute Gasteiger partial charge is 0.467 e. The van der Waals surface area contributed by atoms with E-state index < -0.39 is 11.9 Å². The molecule has 0 aliphatic carbocycles. The van der Waals surface area contributed by atoms with E-state index in [9.17, 15) is 9.59 Å². The average molecular weight is 329 g/mol. The Labute approximate surface area is 120 Å². The van der Waals surface area contributed by atoms with Gasteiger partial charge in [0.25, 0.3) is 5.91 Å². The number of methoxy groups -OCH3 is 1. The van der Waals surface area contributed by atoms with Gasteiger partial charge in [0, 0.05) is 10.2 Å². The summed E-state index contributed by atoms with van der Waals surface area (Å²) in [5, 5.41) is 3.01. The molecule has 0 aromatic heterocycles. The third-order valence-electron chi connectivity index (χ3n) is 2.69. The zero-order valence-corrected chi connectivity index (χ0v) is 12.7. The molecule has 0 radical (unpaired) electrons. The number of anilines is 1. The van der Waals surface area contributed by atoms with Gasteiger partial charge in [-0.2, -0.15) is 0 Å². The molecule has 0 fully saturated rings. The second kappa shape index (κ2) is 6.56. The van der Waals surface area contributed by atoms with Gasteiger partial charge in [0.15, 0.2) is 0 Å². The molecule has 3 N–H and O–H groups in total. The summed E-state index contributed by atoms with van der Waals surface area (Å²) < 4.78 is 5.33. The Kier molecular flexibility index (Phi) is 5.35. The van der Waals surface area contributed by atoms with Crippen LogP contribution in [-0.4, -0.2) is 25.0 Å². The maximum absolute atomic E-state index is 11.7. The van der Waals surface area contributed by atoms with Crippen LogP contribution in [0, 0.1) is 5.92 Å². The van der Waals surface area contributed by atoms with Crippen LogP contribution >= 0.6 is 15.9 Å². The third kappa shape index (κ3) is 3.70. The van der Waals surface area contributed by atoms with Crippen molar-refractivity contribution in [3.63, 3.8) is 0 Å². The number of nitrogens with one attached hydrogen (secondary N) is 1. The standard InChI is InChI=1S/C13H17BrN2O3/c1-7(2)11(13(18)19-3)16-9-6-4-5-8(14)10(9)12(15)17/h4-7,11,16H,1-3H3,(H2,15,17). The van der Waals surface area contributed by atoms with Crippen molar-refractivity contribution in [3.8, 4) is 0 Å². The van der Waals surface area contributed by atoms with Crippen LogP contribution in [0.2, 0.25) is 0 Å². The van der Waals surface area contributed by atoms with E-state index in [0.717, 1.165) is 0 Å². The number of ether oxygens (including phenoxy) is 1. The van der Waals surface area contributed by atoms with Crippen LogP contribution in [0.3, 0.4) is 0 Å². The lowest BCUT2D eigenvalue weighted by Crippen LogP contribution is -2.36. The molecule has 1 amide bonds. The summed E-state index contributed by atoms with van der Waals surface area (Å²) in [5.41, 5.74) is 6.17. The normalized spacial score (nSPS) is 12.1. The zero-order chi connectivity index (χ0) is 14.6. The number of nitrogens with two attached hydrogens (primary N) is 1. The fourth-order valence-corrected chi connectivity index (χ4v) is 2.25. The number of hydrogen-bond donors (Lipinski definition) is 2. The van der Waals surface area contributed by atoms with Crippen LogP contribution in [0.15, 0.2) is 22.7 Å². The van der Waals surface area contributed by atoms with Crippen molar-refractivity contribution in [1.82, 2.24) is 0 Å². The minimum atomic E-state index is -0.567. The Hall–Kier alpha value is -1.56. The summed E-state index contributed by atoms with van der Waals surface area (Å²) in [5.74, 6) is -0.945. The lowest BCUT2D eigenvalue weighted by atomic mass is 10.0. The van der Waals surface area contributed by atoms with Gasteiger partial charge in [0.1, 0.15) is 6.04 Å². The topological polar surface area (TPSA) is 81.4 Å². The van der Waals surface area contributed by atoms with Gasteiger partial charge in [-0.05, 0) is 34.0 Å². The first-order valence-corrected chi connectivity index (χ1v) is 6.60. The summed E-state index contributed by atoms with van der Waals surface area (Å²) in [4.78, 5) is 23.2. The molecule has 0 spiro atoms. The number of benzene rings is 1. The second-order valence-electron chi connectivity index (χ2n) is 4.42. The smallest absolute Gasteiger partial charge is 0.328 e. The van der Waals surface area contributed by atoms with Gasteiger partial charge in [-0.25, -0.2) is 4.79 Å². The van der Waals surface area contributed by atoms with Crippen LogP contribution in [0.25, 0.3) is 0 Å². The van der Waals surface area contributed by atoms with Crippen LogP contribution in [0.5, 0.6) is 0 Å². The lowest BCUT2D eigenvalue weighted by Gasteiger charge is -2.22. The monoisotopic (exact) mass is 328 g/mol. The van der Waals surface area contributed by atoms with Gasteiger partial charge >= 0.3 is 5.97 Å². The van der Waals surface area contributed by atoms with E-state index in [-0.39, 0.29) is 11.9 Å². The average Bonchev–Trinajstić information content (AvgIpc) is 2.34. The molecule has 0 saturated carbocycles. The molecule has 1 unspecified atom stereocenters. The van der Waals surface area contributed by atoms with Gasteiger partial charge < -0.3 is 15.8 Å². The third-order valence-corrected chi connectivity index (χ3v) is 3.35. The van der Waals surface area contributed by atoms with Crippen LogP contribution in [0.4, 0.5) is 5.69 Å². The number of carbonyl (C=O) groups is 2. The van der Waals surface area contributed by atoms with E-state index in [1.54, 1.807) is 18.2 Å². The van der Waals surface area contributed by atoms with Crippen molar-refractivity contribution < 1.29 is 14.3 Å². The van der Waals surface area contributed by atoms with E-state index in [2.05, 4.69) is 21.2 Å². The van der Waals surface area contributed by atoms with Crippen LogP contribution in [-0.2, 0) is 9.53 Å². The highest BCUT2D eigenvalue weighted by Gasteiger charge is 2.24. The van der Waals surface area contributed by atoms with Gasteiger partial charge in [-0.1, -0.05) is 19.9 Å². The Morgan fingerprint density at radius 2 is 2.00 bits per heavy atom. The van der Waals surface area contributed by atoms with Crippen LogP contribution < -0.4 is 11.1 Å². The number of amides is 1. The molecule has 1 rings (SSSR count). The summed E-state index contributed by atoms with van der Waals surface area (Å²) in [7, 11) is 1.33. The molecule has 104 valence electrons. The molecule has 5 nitrogen and oxygen atoms in total. The molecule has 0 saturated heterocycles. The predicted octanol–water partition coefficient (Wildman–Crippen LogP) is 2.16. The molecule has 1 atom stereocenters. The molecular weight excluding hydrogens is 312 g/mol. The van der Waals surface area contributed by atoms with E-state index in [1.165, 1.54) is 7.11 Å². The van der Waals surface area contributed by atoms with E-state index >= 15 is 0 Å². The predicted molar refractivity (Wildman–Crippen MR) is 76.9 cm³/mol. The maximum atomic E-state index is 11.7. The SMILES string of the molecule is COC(=O)C(Nc1cccc(Br)c1C(N)=O)C(C)C. The first-order valence-electron chi connectivity index (χ1n) is 5.81. The van der Waals surface area contributed by atoms with Crippen LogP contribution in [0.1, 0.15) is 24.2 Å². The highest BCUT2D eigenvalue weighted by Crippen LogP contribution is 2.26. The van der Waals surface area contributed by atoms with Gasteiger partial charge in [0.05, 0.1) is 12.7 Å². The molecule has 1 aromatic rings. The molecule has 19 heavy (non-hydrogen) atoms. The highest BCUT2D eigenvalue weighted by molar-refractivity contribution is 9.10. The van der Waals surface area contributed by atoms with Crippen molar-refractivity contribution in [3.05, 3.63) is 28.2 Å². The highest BCUT2D eigenvalue weighted by atomic mass is 79.9. The molecule has 0 aliphatic heterocycles. The van der Waals surface area contributed by atoms with Crippen molar-refractivity contribution >= 4 is 33.5 Å². The van der Waals surface area contributed by atoms with Gasteiger partial charge in [-0.3, -0.25) is 4.79 Å². The summed E-state index contributed by atoms with van der Waals surface area (Å²) in [6, 6.07) is 4.63. The molecular formula is C13H17BrN2O3. The van der Waals surface area contributed by atoms with Gasteiger partial charge in [-0.15, -0.1) is 0 Å². The summed E-state index contributed by atoms with van der Waals surface area (Å²) >= 11 is 3.27. The molecule has 6 heteroatoms. The number of halogens is 1. The number of rotatable bonds is 5. The molecule has 0 heterocycles. The first kappa shape index (κ1) is 15.5. The van der Waals surface area contributed by atoms with Crippen molar-refractivity contribution in [1.29, 1.82) is 0 Å². The Morgan fingerprint density at radius 3 is 2.47 bits per heavy atom. The fraction of sp³-hybridized carbons (Fsp3) is 0.385. The summed E-state index contributed by atoms with van der Waals surface area (Å²) in [6.07, 6.45) is 0.